The predicted octanol–water partition coefficient (Wildman–Crippen LogP) is 4.50. The van der Waals surface area contributed by atoms with Crippen LogP contribution >= 0.6 is 0 Å². The fourth-order valence-electron chi connectivity index (χ4n) is 5.05. The number of aryl methyl sites for hydroxylation is 1. The monoisotopic (exact) mass is 508 g/mol. The zero-order valence-corrected chi connectivity index (χ0v) is 22.6. The Balaban J connectivity index is 1.90. The lowest BCUT2D eigenvalue weighted by Crippen LogP contribution is -2.54. The number of amides is 1. The van der Waals surface area contributed by atoms with Gasteiger partial charge in [0, 0.05) is 13.1 Å². The largest absolute Gasteiger partial charge is 0.480 e. The van der Waals surface area contributed by atoms with Gasteiger partial charge in [0.2, 0.25) is 5.91 Å². The number of likely N-dealkylation sites (N-methyl/N-ethyl adjacent to an activating group) is 2. The van der Waals surface area contributed by atoms with Crippen LogP contribution in [0.2, 0.25) is 0 Å². The summed E-state index contributed by atoms with van der Waals surface area (Å²) in [6, 6.07) is 16.0. The van der Waals surface area contributed by atoms with E-state index in [1.54, 1.807) is 9.80 Å². The lowest BCUT2D eigenvalue weighted by Gasteiger charge is -2.42. The van der Waals surface area contributed by atoms with Crippen molar-refractivity contribution < 1.29 is 24.2 Å². The zero-order chi connectivity index (χ0) is 27.2. The van der Waals surface area contributed by atoms with Crippen LogP contribution in [0.15, 0.2) is 54.6 Å². The smallest absolute Gasteiger partial charge is 0.321 e. The number of carboxylic acids is 1. The van der Waals surface area contributed by atoms with E-state index in [-0.39, 0.29) is 18.4 Å². The summed E-state index contributed by atoms with van der Waals surface area (Å²) in [5.74, 6) is -1.95. The minimum absolute atomic E-state index is 0.184. The van der Waals surface area contributed by atoms with Crippen LogP contribution in [0.1, 0.15) is 63.8 Å². The van der Waals surface area contributed by atoms with Crippen LogP contribution < -0.4 is 0 Å². The molecule has 7 heteroatoms. The first-order valence-corrected chi connectivity index (χ1v) is 13.2. The molecular formula is C30H40N2O5. The van der Waals surface area contributed by atoms with Crippen LogP contribution in [0.4, 0.5) is 0 Å². The van der Waals surface area contributed by atoms with E-state index in [2.05, 4.69) is 0 Å². The Morgan fingerprint density at radius 3 is 2.30 bits per heavy atom. The van der Waals surface area contributed by atoms with Crippen molar-refractivity contribution in [2.24, 2.45) is 5.92 Å². The molecule has 0 aliphatic carbocycles. The Kier molecular flexibility index (Phi) is 9.49. The van der Waals surface area contributed by atoms with Gasteiger partial charge >= 0.3 is 11.9 Å². The molecule has 1 heterocycles. The van der Waals surface area contributed by atoms with Crippen molar-refractivity contribution in [2.45, 2.75) is 71.6 Å². The van der Waals surface area contributed by atoms with E-state index in [9.17, 15) is 19.5 Å². The third kappa shape index (κ3) is 7.19. The maximum Gasteiger partial charge on any atom is 0.321 e. The lowest BCUT2D eigenvalue weighted by molar-refractivity contribution is -0.161. The number of carbonyl (C=O) groups excluding carboxylic acids is 2. The molecule has 1 aliphatic rings. The van der Waals surface area contributed by atoms with Crippen LogP contribution in [0.5, 0.6) is 0 Å². The summed E-state index contributed by atoms with van der Waals surface area (Å²) in [6.45, 7) is 10.3. The molecule has 0 saturated heterocycles. The van der Waals surface area contributed by atoms with Gasteiger partial charge in [0.25, 0.3) is 0 Å². The van der Waals surface area contributed by atoms with Crippen molar-refractivity contribution in [1.82, 2.24) is 9.80 Å². The number of carbonyl (C=O) groups is 3. The van der Waals surface area contributed by atoms with Crippen molar-refractivity contribution in [1.29, 1.82) is 0 Å². The molecule has 0 saturated carbocycles. The summed E-state index contributed by atoms with van der Waals surface area (Å²) in [5.41, 5.74) is 2.19. The number of hydrogen-bond acceptors (Lipinski definition) is 5. The molecule has 3 atom stereocenters. The Morgan fingerprint density at radius 1 is 1.05 bits per heavy atom. The number of carboxylic acid groups (broad SMARTS) is 1. The van der Waals surface area contributed by atoms with E-state index in [0.717, 1.165) is 16.7 Å². The maximum atomic E-state index is 14.1. The normalized spacial score (nSPS) is 18.5. The zero-order valence-electron chi connectivity index (χ0n) is 22.6. The average molecular weight is 509 g/mol. The van der Waals surface area contributed by atoms with Gasteiger partial charge < -0.3 is 14.7 Å². The summed E-state index contributed by atoms with van der Waals surface area (Å²) >= 11 is 0. The molecule has 3 rings (SSSR count). The maximum absolute atomic E-state index is 14.1. The number of benzene rings is 2. The second-order valence-corrected chi connectivity index (χ2v) is 10.6. The van der Waals surface area contributed by atoms with Gasteiger partial charge in [-0.15, -0.1) is 0 Å². The number of rotatable bonds is 10. The molecular weight excluding hydrogens is 468 g/mol. The van der Waals surface area contributed by atoms with E-state index in [1.807, 2.05) is 89.2 Å². The van der Waals surface area contributed by atoms with E-state index in [4.69, 9.17) is 4.74 Å². The minimum Gasteiger partial charge on any atom is -0.480 e. The van der Waals surface area contributed by atoms with Crippen molar-refractivity contribution in [2.75, 3.05) is 19.6 Å². The molecule has 1 N–H and O–H groups in total. The van der Waals surface area contributed by atoms with Gasteiger partial charge in [-0.3, -0.25) is 19.3 Å². The lowest BCUT2D eigenvalue weighted by atomic mass is 9.87. The minimum atomic E-state index is -0.938. The van der Waals surface area contributed by atoms with Crippen LogP contribution in [0.3, 0.4) is 0 Å². The quantitative estimate of drug-likeness (QED) is 0.476. The fraction of sp³-hybridized carbons (Fsp3) is 0.500. The summed E-state index contributed by atoms with van der Waals surface area (Å²) in [6.07, 6.45) is 1.58. The molecule has 1 aliphatic heterocycles. The second kappa shape index (κ2) is 12.4. The fourth-order valence-corrected chi connectivity index (χ4v) is 5.05. The highest BCUT2D eigenvalue weighted by Gasteiger charge is 2.42. The molecule has 2 aromatic rings. The van der Waals surface area contributed by atoms with Gasteiger partial charge in [-0.05, 0) is 70.2 Å². The number of nitrogens with zero attached hydrogens (tertiary/aromatic N) is 2. The highest BCUT2D eigenvalue weighted by atomic mass is 16.6. The number of esters is 1. The predicted molar refractivity (Wildman–Crippen MR) is 143 cm³/mol. The molecule has 2 aromatic carbocycles. The molecule has 0 bridgehead atoms. The van der Waals surface area contributed by atoms with Crippen LogP contribution in [0.25, 0.3) is 0 Å². The van der Waals surface area contributed by atoms with E-state index in [1.165, 1.54) is 0 Å². The summed E-state index contributed by atoms with van der Waals surface area (Å²) in [7, 11) is 0. The summed E-state index contributed by atoms with van der Waals surface area (Å²) < 4.78 is 5.74. The highest BCUT2D eigenvalue weighted by molar-refractivity contribution is 5.86. The molecule has 7 nitrogen and oxygen atoms in total. The van der Waals surface area contributed by atoms with Gasteiger partial charge in [0.05, 0.1) is 5.92 Å². The third-order valence-corrected chi connectivity index (χ3v) is 6.88. The third-order valence-electron chi connectivity index (χ3n) is 6.88. The van der Waals surface area contributed by atoms with Gasteiger partial charge in [0.1, 0.15) is 17.7 Å². The standard InChI is InChI=1S/C30H40N2O5/c1-6-31(20-23(29(36)37-30(3,4)5)18-17-21-13-9-8-10-14-21)27(33)26-24-16-12-11-15-22(24)19-25(28(34)35)32(26)7-2/h8-16,23,25-26H,6-7,17-20H2,1-5H3,(H,34,35). The number of fused-ring (bicyclic) bond motifs is 1. The van der Waals surface area contributed by atoms with Crippen molar-refractivity contribution in [3.63, 3.8) is 0 Å². The first-order valence-electron chi connectivity index (χ1n) is 13.2. The molecule has 200 valence electrons. The van der Waals surface area contributed by atoms with Crippen molar-refractivity contribution in [3.05, 3.63) is 71.3 Å². The molecule has 3 unspecified atom stereocenters. The van der Waals surface area contributed by atoms with Crippen molar-refractivity contribution in [3.8, 4) is 0 Å². The van der Waals surface area contributed by atoms with Gasteiger partial charge in [-0.25, -0.2) is 0 Å². The van der Waals surface area contributed by atoms with Crippen molar-refractivity contribution >= 4 is 17.8 Å². The van der Waals surface area contributed by atoms with E-state index >= 15 is 0 Å². The topological polar surface area (TPSA) is 87.1 Å². The van der Waals surface area contributed by atoms with Gasteiger partial charge in [-0.2, -0.15) is 0 Å². The number of aliphatic carboxylic acids is 1. The SMILES string of the molecule is CCN(CC(CCc1ccccc1)C(=O)OC(C)(C)C)C(=O)C1c2ccccc2CC(C(=O)O)N1CC. The Bertz CT molecular complexity index is 1080. The van der Waals surface area contributed by atoms with Crippen LogP contribution in [-0.2, 0) is 32.0 Å². The average Bonchev–Trinajstić information content (AvgIpc) is 2.86. The Hall–Kier alpha value is -3.19. The van der Waals surface area contributed by atoms with Gasteiger partial charge in [-0.1, -0.05) is 61.5 Å². The number of hydrogen-bond donors (Lipinski definition) is 1. The number of ether oxygens (including phenoxy) is 1. The van der Waals surface area contributed by atoms with Crippen LogP contribution in [-0.4, -0.2) is 64.0 Å². The molecule has 1 amide bonds. The second-order valence-electron chi connectivity index (χ2n) is 10.6. The first-order chi connectivity index (χ1) is 17.6. The molecule has 0 fully saturated rings. The summed E-state index contributed by atoms with van der Waals surface area (Å²) in [5, 5.41) is 9.94. The van der Waals surface area contributed by atoms with Gasteiger partial charge in [0.15, 0.2) is 0 Å². The Morgan fingerprint density at radius 2 is 1.70 bits per heavy atom. The molecule has 0 aromatic heterocycles. The highest BCUT2D eigenvalue weighted by Crippen LogP contribution is 2.35. The summed E-state index contributed by atoms with van der Waals surface area (Å²) in [4.78, 5) is 42.9. The van der Waals surface area contributed by atoms with E-state index in [0.29, 0.717) is 32.4 Å². The molecule has 0 radical (unpaired) electrons. The first kappa shape index (κ1) is 28.4. The van der Waals surface area contributed by atoms with Crippen LogP contribution in [0, 0.1) is 5.92 Å². The molecule has 0 spiro atoms. The van der Waals surface area contributed by atoms with E-state index < -0.39 is 29.6 Å². The Labute approximate surface area is 220 Å². The molecule has 37 heavy (non-hydrogen) atoms.